The predicted molar refractivity (Wildman–Crippen MR) is 53.6 cm³/mol. The van der Waals surface area contributed by atoms with Crippen molar-refractivity contribution in [3.63, 3.8) is 0 Å². The number of nitrogens with one attached hydrogen (secondary N) is 1. The van der Waals surface area contributed by atoms with Crippen molar-refractivity contribution >= 4 is 11.9 Å². The molecule has 14 heavy (non-hydrogen) atoms. The van der Waals surface area contributed by atoms with Crippen molar-refractivity contribution in [2.45, 2.75) is 27.7 Å². The topological polar surface area (TPSA) is 55.4 Å². The molecule has 1 amide bonds. The SMILES string of the molecule is COC(=O)C(=O)NCC(C)C(C)(C)C. The van der Waals surface area contributed by atoms with Crippen LogP contribution in [0, 0.1) is 11.3 Å². The Labute approximate surface area is 85.0 Å². The molecule has 0 aliphatic carbocycles. The maximum absolute atomic E-state index is 11.0. The maximum Gasteiger partial charge on any atom is 0.396 e. The fourth-order valence-electron chi connectivity index (χ4n) is 0.717. The van der Waals surface area contributed by atoms with Gasteiger partial charge in [-0.15, -0.1) is 0 Å². The molecule has 0 fully saturated rings. The lowest BCUT2D eigenvalue weighted by Gasteiger charge is -2.27. The lowest BCUT2D eigenvalue weighted by atomic mass is 9.82. The van der Waals surface area contributed by atoms with E-state index in [1.165, 1.54) is 7.11 Å². The Kier molecular flexibility index (Phi) is 4.60. The third kappa shape index (κ3) is 4.25. The van der Waals surface area contributed by atoms with Gasteiger partial charge in [-0.2, -0.15) is 0 Å². The van der Waals surface area contributed by atoms with Gasteiger partial charge < -0.3 is 10.1 Å². The minimum absolute atomic E-state index is 0.114. The van der Waals surface area contributed by atoms with Crippen LogP contribution in [-0.2, 0) is 14.3 Å². The van der Waals surface area contributed by atoms with Crippen molar-refractivity contribution in [1.82, 2.24) is 5.32 Å². The minimum atomic E-state index is -0.842. The molecule has 82 valence electrons. The van der Waals surface area contributed by atoms with Crippen molar-refractivity contribution < 1.29 is 14.3 Å². The van der Waals surface area contributed by atoms with Crippen LogP contribution in [0.4, 0.5) is 0 Å². The summed E-state index contributed by atoms with van der Waals surface area (Å²) in [6.07, 6.45) is 0. The molecule has 1 N–H and O–H groups in total. The third-order valence-corrected chi connectivity index (χ3v) is 2.42. The average molecular weight is 201 g/mol. The van der Waals surface area contributed by atoms with Crippen LogP contribution in [0.3, 0.4) is 0 Å². The lowest BCUT2D eigenvalue weighted by molar-refractivity contribution is -0.152. The Morgan fingerprint density at radius 2 is 1.86 bits per heavy atom. The van der Waals surface area contributed by atoms with Gasteiger partial charge in [-0.05, 0) is 11.3 Å². The zero-order chi connectivity index (χ0) is 11.4. The van der Waals surface area contributed by atoms with Crippen LogP contribution in [0.5, 0.6) is 0 Å². The van der Waals surface area contributed by atoms with Crippen molar-refractivity contribution in [2.75, 3.05) is 13.7 Å². The summed E-state index contributed by atoms with van der Waals surface area (Å²) in [7, 11) is 1.19. The van der Waals surface area contributed by atoms with Crippen molar-refractivity contribution in [3.8, 4) is 0 Å². The van der Waals surface area contributed by atoms with Gasteiger partial charge in [0.2, 0.25) is 0 Å². The van der Waals surface area contributed by atoms with E-state index in [9.17, 15) is 9.59 Å². The second kappa shape index (κ2) is 4.98. The highest BCUT2D eigenvalue weighted by molar-refractivity contribution is 6.32. The van der Waals surface area contributed by atoms with Gasteiger partial charge in [0.25, 0.3) is 0 Å². The Morgan fingerprint density at radius 3 is 2.21 bits per heavy atom. The molecule has 0 aliphatic rings. The summed E-state index contributed by atoms with van der Waals surface area (Å²) in [5.41, 5.74) is 0.114. The van der Waals surface area contributed by atoms with Gasteiger partial charge in [-0.3, -0.25) is 4.79 Å². The average Bonchev–Trinajstić information content (AvgIpc) is 2.10. The number of methoxy groups -OCH3 is 1. The summed E-state index contributed by atoms with van der Waals surface area (Å²) >= 11 is 0. The molecule has 4 heteroatoms. The summed E-state index contributed by atoms with van der Waals surface area (Å²) in [6.45, 7) is 8.76. The summed E-state index contributed by atoms with van der Waals surface area (Å²) in [6, 6.07) is 0. The molecule has 0 spiro atoms. The number of rotatable bonds is 2. The molecule has 0 aromatic heterocycles. The van der Waals surface area contributed by atoms with E-state index in [0.717, 1.165) is 0 Å². The first-order valence-corrected chi connectivity index (χ1v) is 4.65. The molecule has 0 heterocycles. The standard InChI is InChI=1S/C10H19NO3/c1-7(10(2,3)4)6-11-8(12)9(13)14-5/h7H,6H2,1-5H3,(H,11,12). The molecule has 0 bridgehead atoms. The fourth-order valence-corrected chi connectivity index (χ4v) is 0.717. The van der Waals surface area contributed by atoms with E-state index < -0.39 is 11.9 Å². The van der Waals surface area contributed by atoms with Crippen LogP contribution in [0.2, 0.25) is 0 Å². The molecule has 0 aliphatic heterocycles. The van der Waals surface area contributed by atoms with Gasteiger partial charge in [-0.25, -0.2) is 4.79 Å². The number of hydrogen-bond acceptors (Lipinski definition) is 3. The van der Waals surface area contributed by atoms with Gasteiger partial charge in [0.05, 0.1) is 7.11 Å². The Bertz CT molecular complexity index is 218. The quantitative estimate of drug-likeness (QED) is 0.534. The first-order valence-electron chi connectivity index (χ1n) is 4.65. The third-order valence-electron chi connectivity index (χ3n) is 2.42. The molecule has 0 radical (unpaired) electrons. The van der Waals surface area contributed by atoms with Gasteiger partial charge in [0.1, 0.15) is 0 Å². The lowest BCUT2D eigenvalue weighted by Crippen LogP contribution is -2.37. The molecule has 0 saturated carbocycles. The summed E-state index contributed by atoms with van der Waals surface area (Å²) in [5, 5.41) is 2.53. The van der Waals surface area contributed by atoms with Crippen molar-refractivity contribution in [3.05, 3.63) is 0 Å². The van der Waals surface area contributed by atoms with Crippen molar-refractivity contribution in [2.24, 2.45) is 11.3 Å². The highest BCUT2D eigenvalue weighted by atomic mass is 16.5. The molecule has 1 atom stereocenters. The molecule has 0 rings (SSSR count). The summed E-state index contributed by atoms with van der Waals surface area (Å²) in [4.78, 5) is 21.8. The molecule has 4 nitrogen and oxygen atoms in total. The molecular formula is C10H19NO3. The molecule has 0 aromatic carbocycles. The largest absolute Gasteiger partial charge is 0.462 e. The highest BCUT2D eigenvalue weighted by Gasteiger charge is 2.22. The zero-order valence-electron chi connectivity index (χ0n) is 9.51. The molecule has 1 unspecified atom stereocenters. The van der Waals surface area contributed by atoms with Crippen LogP contribution >= 0.6 is 0 Å². The fraction of sp³-hybridized carbons (Fsp3) is 0.800. The normalized spacial score (nSPS) is 13.2. The van der Waals surface area contributed by atoms with Crippen molar-refractivity contribution in [1.29, 1.82) is 0 Å². The Hall–Kier alpha value is -1.06. The second-order valence-corrected chi connectivity index (χ2v) is 4.47. The molecular weight excluding hydrogens is 182 g/mol. The van der Waals surface area contributed by atoms with E-state index in [4.69, 9.17) is 0 Å². The highest BCUT2D eigenvalue weighted by Crippen LogP contribution is 2.24. The van der Waals surface area contributed by atoms with Crippen LogP contribution in [0.15, 0.2) is 0 Å². The number of hydrogen-bond donors (Lipinski definition) is 1. The minimum Gasteiger partial charge on any atom is -0.462 e. The molecule has 0 aromatic rings. The number of ether oxygens (including phenoxy) is 1. The number of esters is 1. The summed E-state index contributed by atoms with van der Waals surface area (Å²) in [5.74, 6) is -1.22. The second-order valence-electron chi connectivity index (χ2n) is 4.47. The van der Waals surface area contributed by atoms with Gasteiger partial charge >= 0.3 is 11.9 Å². The number of carbonyl (C=O) groups excluding carboxylic acids is 2. The van der Waals surface area contributed by atoms with E-state index in [0.29, 0.717) is 12.5 Å². The van der Waals surface area contributed by atoms with Crippen LogP contribution < -0.4 is 5.32 Å². The first-order chi connectivity index (χ1) is 6.29. The van der Waals surface area contributed by atoms with Gasteiger partial charge in [0.15, 0.2) is 0 Å². The maximum atomic E-state index is 11.0. The van der Waals surface area contributed by atoms with Crippen LogP contribution in [-0.4, -0.2) is 25.5 Å². The van der Waals surface area contributed by atoms with E-state index in [1.54, 1.807) is 0 Å². The summed E-state index contributed by atoms with van der Waals surface area (Å²) < 4.78 is 4.28. The first kappa shape index (κ1) is 12.9. The number of amides is 1. The monoisotopic (exact) mass is 201 g/mol. The zero-order valence-corrected chi connectivity index (χ0v) is 9.51. The Balaban J connectivity index is 3.96. The van der Waals surface area contributed by atoms with E-state index in [1.807, 2.05) is 6.92 Å². The molecule has 0 saturated heterocycles. The number of carbonyl (C=O) groups is 2. The smallest absolute Gasteiger partial charge is 0.396 e. The predicted octanol–water partition coefficient (Wildman–Crippen LogP) is 0.958. The Morgan fingerprint density at radius 1 is 1.36 bits per heavy atom. The van der Waals surface area contributed by atoms with E-state index in [2.05, 4.69) is 30.8 Å². The van der Waals surface area contributed by atoms with E-state index in [-0.39, 0.29) is 5.41 Å². The van der Waals surface area contributed by atoms with E-state index >= 15 is 0 Å². The van der Waals surface area contributed by atoms with Gasteiger partial charge in [0, 0.05) is 6.54 Å². The van der Waals surface area contributed by atoms with Crippen LogP contribution in [0.25, 0.3) is 0 Å². The van der Waals surface area contributed by atoms with Crippen LogP contribution in [0.1, 0.15) is 27.7 Å². The van der Waals surface area contributed by atoms with Gasteiger partial charge in [-0.1, -0.05) is 27.7 Å².